The first-order valence-electron chi connectivity index (χ1n) is 11.1. The fourth-order valence-electron chi connectivity index (χ4n) is 3.94. The Bertz CT molecular complexity index is 820. The molecule has 1 N–H and O–H groups in total. The number of hydrogen-bond acceptors (Lipinski definition) is 4. The summed E-state index contributed by atoms with van der Waals surface area (Å²) in [6, 6.07) is 13.8. The van der Waals surface area contributed by atoms with E-state index >= 15 is 0 Å². The van der Waals surface area contributed by atoms with E-state index in [2.05, 4.69) is 29.3 Å². The summed E-state index contributed by atoms with van der Waals surface area (Å²) in [5.74, 6) is 2.14. The van der Waals surface area contributed by atoms with E-state index in [1.54, 1.807) is 0 Å². The number of amides is 1. The number of rotatable bonds is 9. The molecular formula is C25H34N2O3. The maximum Gasteiger partial charge on any atom is 0.251 e. The molecule has 0 bridgehead atoms. The topological polar surface area (TPSA) is 50.8 Å². The van der Waals surface area contributed by atoms with Gasteiger partial charge < -0.3 is 14.8 Å². The second kappa shape index (κ2) is 11.0. The van der Waals surface area contributed by atoms with Crippen molar-refractivity contribution in [2.45, 2.75) is 46.7 Å². The summed E-state index contributed by atoms with van der Waals surface area (Å²) in [6.45, 7) is 11.1. The summed E-state index contributed by atoms with van der Waals surface area (Å²) in [7, 11) is 0. The number of hydrogen-bond donors (Lipinski definition) is 1. The Morgan fingerprint density at radius 3 is 2.43 bits per heavy atom. The fourth-order valence-corrected chi connectivity index (χ4v) is 3.94. The summed E-state index contributed by atoms with van der Waals surface area (Å²) in [5, 5.41) is 3.00. The van der Waals surface area contributed by atoms with Crippen LogP contribution in [-0.2, 0) is 13.1 Å². The molecule has 162 valence electrons. The second-order valence-corrected chi connectivity index (χ2v) is 8.01. The van der Waals surface area contributed by atoms with Gasteiger partial charge in [-0.15, -0.1) is 0 Å². The van der Waals surface area contributed by atoms with E-state index in [1.165, 1.54) is 24.9 Å². The van der Waals surface area contributed by atoms with Crippen LogP contribution in [0, 0.1) is 5.92 Å². The van der Waals surface area contributed by atoms with Gasteiger partial charge in [0, 0.05) is 25.2 Å². The van der Waals surface area contributed by atoms with Gasteiger partial charge in [-0.25, -0.2) is 0 Å². The van der Waals surface area contributed by atoms with E-state index in [0.29, 0.717) is 31.1 Å². The van der Waals surface area contributed by atoms with E-state index in [-0.39, 0.29) is 5.91 Å². The maximum atomic E-state index is 12.6. The maximum absolute atomic E-state index is 12.6. The van der Waals surface area contributed by atoms with Gasteiger partial charge in [0.05, 0.1) is 13.2 Å². The third kappa shape index (κ3) is 6.23. The summed E-state index contributed by atoms with van der Waals surface area (Å²) >= 11 is 0. The van der Waals surface area contributed by atoms with Crippen LogP contribution in [0.3, 0.4) is 0 Å². The molecule has 1 aliphatic rings. The molecule has 3 rings (SSSR count). The van der Waals surface area contributed by atoms with Crippen LogP contribution in [0.4, 0.5) is 0 Å². The molecule has 0 aliphatic carbocycles. The van der Waals surface area contributed by atoms with Crippen molar-refractivity contribution in [1.82, 2.24) is 10.2 Å². The van der Waals surface area contributed by atoms with Crippen molar-refractivity contribution >= 4 is 5.91 Å². The number of ether oxygens (including phenoxy) is 2. The summed E-state index contributed by atoms with van der Waals surface area (Å²) < 4.78 is 11.3. The van der Waals surface area contributed by atoms with Gasteiger partial charge in [-0.2, -0.15) is 0 Å². The van der Waals surface area contributed by atoms with Crippen LogP contribution in [0.15, 0.2) is 42.5 Å². The molecule has 5 nitrogen and oxygen atoms in total. The lowest BCUT2D eigenvalue weighted by Gasteiger charge is -2.30. The van der Waals surface area contributed by atoms with Gasteiger partial charge in [0.25, 0.3) is 5.91 Å². The van der Waals surface area contributed by atoms with Crippen molar-refractivity contribution in [3.63, 3.8) is 0 Å². The molecule has 1 amide bonds. The van der Waals surface area contributed by atoms with Crippen LogP contribution in [0.1, 0.15) is 55.1 Å². The first-order valence-corrected chi connectivity index (χ1v) is 11.1. The molecule has 30 heavy (non-hydrogen) atoms. The van der Waals surface area contributed by atoms with Gasteiger partial charge in [0.1, 0.15) is 0 Å². The first kappa shape index (κ1) is 22.2. The summed E-state index contributed by atoms with van der Waals surface area (Å²) in [5.41, 5.74) is 2.92. The largest absolute Gasteiger partial charge is 0.490 e. The Kier molecular flexibility index (Phi) is 8.14. The minimum Gasteiger partial charge on any atom is -0.490 e. The van der Waals surface area contributed by atoms with Crippen molar-refractivity contribution in [3.05, 3.63) is 59.2 Å². The molecule has 1 unspecified atom stereocenters. The van der Waals surface area contributed by atoms with Gasteiger partial charge >= 0.3 is 0 Å². The van der Waals surface area contributed by atoms with E-state index < -0.39 is 0 Å². The fraction of sp³-hybridized carbons (Fsp3) is 0.480. The lowest BCUT2D eigenvalue weighted by atomic mass is 9.99. The molecule has 0 aromatic heterocycles. The summed E-state index contributed by atoms with van der Waals surface area (Å²) in [6.07, 6.45) is 2.61. The number of piperidine rings is 1. The number of carbonyl (C=O) groups excluding carboxylic acids is 1. The highest BCUT2D eigenvalue weighted by molar-refractivity contribution is 5.94. The average Bonchev–Trinajstić information content (AvgIpc) is 2.74. The molecular weight excluding hydrogens is 376 g/mol. The van der Waals surface area contributed by atoms with Crippen LogP contribution in [-0.4, -0.2) is 37.1 Å². The molecule has 0 radical (unpaired) electrons. The highest BCUT2D eigenvalue weighted by atomic mass is 16.5. The quantitative estimate of drug-likeness (QED) is 0.654. The normalized spacial score (nSPS) is 16.8. The molecule has 1 saturated heterocycles. The molecule has 1 fully saturated rings. The van der Waals surface area contributed by atoms with Crippen molar-refractivity contribution in [1.29, 1.82) is 0 Å². The van der Waals surface area contributed by atoms with Crippen LogP contribution in [0.5, 0.6) is 11.5 Å². The third-order valence-electron chi connectivity index (χ3n) is 5.42. The van der Waals surface area contributed by atoms with Gasteiger partial charge in [-0.1, -0.05) is 25.1 Å². The van der Waals surface area contributed by atoms with E-state index in [0.717, 1.165) is 30.3 Å². The van der Waals surface area contributed by atoms with Crippen molar-refractivity contribution in [3.8, 4) is 11.5 Å². The van der Waals surface area contributed by atoms with Crippen molar-refractivity contribution < 1.29 is 14.3 Å². The Labute approximate surface area is 180 Å². The standard InChI is InChI=1S/C25H34N2O3/c1-4-29-23-13-10-21(15-24(23)30-5-2)16-26-25(28)22-11-8-20(9-12-22)18-27-14-6-7-19(3)17-27/h8-13,15,19H,4-7,14,16-18H2,1-3H3,(H,26,28). The number of likely N-dealkylation sites (tertiary alicyclic amines) is 1. The predicted molar refractivity (Wildman–Crippen MR) is 120 cm³/mol. The highest BCUT2D eigenvalue weighted by Gasteiger charge is 2.16. The lowest BCUT2D eigenvalue weighted by Crippen LogP contribution is -2.33. The molecule has 1 heterocycles. The van der Waals surface area contributed by atoms with Crippen molar-refractivity contribution in [2.75, 3.05) is 26.3 Å². The zero-order valence-electron chi connectivity index (χ0n) is 18.4. The van der Waals surface area contributed by atoms with Gasteiger partial charge in [0.2, 0.25) is 0 Å². The smallest absolute Gasteiger partial charge is 0.251 e. The minimum atomic E-state index is -0.0695. The highest BCUT2D eigenvalue weighted by Crippen LogP contribution is 2.28. The Morgan fingerprint density at radius 1 is 1.03 bits per heavy atom. The summed E-state index contributed by atoms with van der Waals surface area (Å²) in [4.78, 5) is 15.1. The number of benzene rings is 2. The Morgan fingerprint density at radius 2 is 1.73 bits per heavy atom. The molecule has 1 aliphatic heterocycles. The molecule has 2 aromatic rings. The van der Waals surface area contributed by atoms with Crippen LogP contribution in [0.2, 0.25) is 0 Å². The van der Waals surface area contributed by atoms with Gasteiger partial charge in [0.15, 0.2) is 11.5 Å². The van der Waals surface area contributed by atoms with Crippen LogP contribution >= 0.6 is 0 Å². The van der Waals surface area contributed by atoms with Gasteiger partial charge in [-0.05, 0) is 74.5 Å². The molecule has 0 saturated carbocycles. The van der Waals surface area contributed by atoms with E-state index in [9.17, 15) is 4.79 Å². The Hall–Kier alpha value is -2.53. The SMILES string of the molecule is CCOc1ccc(CNC(=O)c2ccc(CN3CCCC(C)C3)cc2)cc1OCC. The number of nitrogens with zero attached hydrogens (tertiary/aromatic N) is 1. The zero-order chi connectivity index (χ0) is 21.3. The Balaban J connectivity index is 1.55. The third-order valence-corrected chi connectivity index (χ3v) is 5.42. The second-order valence-electron chi connectivity index (χ2n) is 8.01. The minimum absolute atomic E-state index is 0.0695. The zero-order valence-corrected chi connectivity index (χ0v) is 18.4. The first-order chi connectivity index (χ1) is 14.6. The monoisotopic (exact) mass is 410 g/mol. The number of nitrogens with one attached hydrogen (secondary N) is 1. The number of carbonyl (C=O) groups is 1. The molecule has 2 aromatic carbocycles. The van der Waals surface area contributed by atoms with E-state index in [4.69, 9.17) is 9.47 Å². The molecule has 5 heteroatoms. The van der Waals surface area contributed by atoms with E-state index in [1.807, 2.05) is 44.2 Å². The lowest BCUT2D eigenvalue weighted by molar-refractivity contribution is 0.0951. The predicted octanol–water partition coefficient (Wildman–Crippen LogP) is 4.65. The molecule has 1 atom stereocenters. The van der Waals surface area contributed by atoms with Gasteiger partial charge in [-0.3, -0.25) is 9.69 Å². The van der Waals surface area contributed by atoms with Crippen LogP contribution < -0.4 is 14.8 Å². The van der Waals surface area contributed by atoms with Crippen LogP contribution in [0.25, 0.3) is 0 Å². The molecule has 0 spiro atoms. The average molecular weight is 411 g/mol. The van der Waals surface area contributed by atoms with Crippen molar-refractivity contribution in [2.24, 2.45) is 5.92 Å².